The van der Waals surface area contributed by atoms with E-state index < -0.39 is 0 Å². The normalized spacial score (nSPS) is 28.8. The maximum atomic E-state index is 11.7. The van der Waals surface area contributed by atoms with Crippen molar-refractivity contribution in [3.8, 4) is 0 Å². The van der Waals surface area contributed by atoms with Gasteiger partial charge in [0.15, 0.2) is 0 Å². The summed E-state index contributed by atoms with van der Waals surface area (Å²) < 4.78 is 4.86. The first kappa shape index (κ1) is 14.3. The summed E-state index contributed by atoms with van der Waals surface area (Å²) in [6.07, 6.45) is 7.34. The van der Waals surface area contributed by atoms with Gasteiger partial charge in [-0.3, -0.25) is 15.1 Å². The average Bonchev–Trinajstić information content (AvgIpc) is 2.78. The first-order valence-electron chi connectivity index (χ1n) is 7.36. The van der Waals surface area contributed by atoms with Crippen LogP contribution in [0.1, 0.15) is 44.9 Å². The Balaban J connectivity index is 1.80. The summed E-state index contributed by atoms with van der Waals surface area (Å²) in [6.45, 7) is 1.91. The van der Waals surface area contributed by atoms with Gasteiger partial charge in [0.2, 0.25) is 0 Å². The van der Waals surface area contributed by atoms with E-state index in [9.17, 15) is 4.79 Å². The highest BCUT2D eigenvalue weighted by atomic mass is 16.5. The molecule has 2 unspecified atom stereocenters. The standard InChI is InChI=1S/C14H25N3O2/c1-19-14(18)12-6-4-9-17(12)10-8-11-5-2-3-7-13(15)16-11/h11-12H,2-10H2,1H3,(H2,15,16). The molecule has 108 valence electrons. The minimum atomic E-state index is -0.0981. The van der Waals surface area contributed by atoms with Gasteiger partial charge >= 0.3 is 5.97 Å². The van der Waals surface area contributed by atoms with Crippen LogP contribution in [-0.2, 0) is 9.53 Å². The third kappa shape index (κ3) is 3.93. The number of hydrogen-bond acceptors (Lipinski definition) is 4. The maximum Gasteiger partial charge on any atom is 0.323 e. The molecule has 0 spiro atoms. The van der Waals surface area contributed by atoms with E-state index in [-0.39, 0.29) is 12.0 Å². The lowest BCUT2D eigenvalue weighted by atomic mass is 10.1. The molecule has 2 saturated heterocycles. The molecule has 2 N–H and O–H groups in total. The molecular weight excluding hydrogens is 242 g/mol. The Hall–Kier alpha value is -1.10. The predicted molar refractivity (Wildman–Crippen MR) is 74.3 cm³/mol. The van der Waals surface area contributed by atoms with Crippen LogP contribution < -0.4 is 5.32 Å². The number of carbonyl (C=O) groups is 1. The highest BCUT2D eigenvalue weighted by Crippen LogP contribution is 2.20. The van der Waals surface area contributed by atoms with Gasteiger partial charge in [0.05, 0.1) is 12.9 Å². The number of carbonyl (C=O) groups excluding carboxylic acids is 1. The molecule has 5 heteroatoms. The Kier molecular flexibility index (Phi) is 5.19. The van der Waals surface area contributed by atoms with Gasteiger partial charge < -0.3 is 10.1 Å². The Bertz CT molecular complexity index is 333. The molecule has 0 aromatic carbocycles. The topological polar surface area (TPSA) is 65.4 Å². The van der Waals surface area contributed by atoms with E-state index in [0.717, 1.165) is 51.6 Å². The van der Waals surface area contributed by atoms with Gasteiger partial charge in [-0.25, -0.2) is 0 Å². The number of ether oxygens (including phenoxy) is 1. The van der Waals surface area contributed by atoms with Gasteiger partial charge in [-0.05, 0) is 38.6 Å². The summed E-state index contributed by atoms with van der Waals surface area (Å²) in [5.41, 5.74) is 0. The quantitative estimate of drug-likeness (QED) is 0.758. The van der Waals surface area contributed by atoms with Crippen LogP contribution in [0.25, 0.3) is 0 Å². The van der Waals surface area contributed by atoms with Crippen molar-refractivity contribution in [1.82, 2.24) is 10.2 Å². The Morgan fingerprint density at radius 2 is 2.26 bits per heavy atom. The summed E-state index contributed by atoms with van der Waals surface area (Å²) in [7, 11) is 1.47. The van der Waals surface area contributed by atoms with Gasteiger partial charge in [-0.1, -0.05) is 6.42 Å². The summed E-state index contributed by atoms with van der Waals surface area (Å²) in [6, 6.07) is 0.351. The van der Waals surface area contributed by atoms with Crippen LogP contribution in [0.2, 0.25) is 0 Å². The van der Waals surface area contributed by atoms with E-state index in [4.69, 9.17) is 10.1 Å². The Morgan fingerprint density at radius 1 is 1.42 bits per heavy atom. The fourth-order valence-corrected chi connectivity index (χ4v) is 3.12. The van der Waals surface area contributed by atoms with Crippen molar-refractivity contribution in [2.45, 2.75) is 57.0 Å². The number of esters is 1. The van der Waals surface area contributed by atoms with Crippen molar-refractivity contribution in [3.63, 3.8) is 0 Å². The van der Waals surface area contributed by atoms with E-state index in [1.54, 1.807) is 0 Å². The first-order chi connectivity index (χ1) is 9.20. The van der Waals surface area contributed by atoms with E-state index in [2.05, 4.69) is 10.2 Å². The lowest BCUT2D eigenvalue weighted by Crippen LogP contribution is -2.41. The van der Waals surface area contributed by atoms with E-state index in [1.807, 2.05) is 0 Å². The zero-order valence-electron chi connectivity index (χ0n) is 11.8. The highest BCUT2D eigenvalue weighted by Gasteiger charge is 2.31. The fourth-order valence-electron chi connectivity index (χ4n) is 3.12. The molecule has 2 aliphatic rings. The van der Waals surface area contributed by atoms with E-state index >= 15 is 0 Å². The summed E-state index contributed by atoms with van der Waals surface area (Å²) in [5, 5.41) is 11.1. The van der Waals surface area contributed by atoms with Gasteiger partial charge in [-0.15, -0.1) is 0 Å². The lowest BCUT2D eigenvalue weighted by molar-refractivity contribution is -0.145. The molecule has 0 saturated carbocycles. The van der Waals surface area contributed by atoms with Crippen LogP contribution in [-0.4, -0.2) is 49.0 Å². The second-order valence-electron chi connectivity index (χ2n) is 5.57. The van der Waals surface area contributed by atoms with Crippen molar-refractivity contribution in [3.05, 3.63) is 0 Å². The van der Waals surface area contributed by atoms with Crippen LogP contribution in [0.15, 0.2) is 0 Å². The van der Waals surface area contributed by atoms with Crippen molar-refractivity contribution in [1.29, 1.82) is 5.41 Å². The molecule has 0 bridgehead atoms. The zero-order chi connectivity index (χ0) is 13.7. The number of nitrogens with zero attached hydrogens (tertiary/aromatic N) is 1. The number of rotatable bonds is 4. The molecular formula is C14H25N3O2. The minimum Gasteiger partial charge on any atom is -0.468 e. The molecule has 2 aliphatic heterocycles. The molecule has 19 heavy (non-hydrogen) atoms. The molecule has 0 aromatic heterocycles. The molecule has 2 rings (SSSR count). The monoisotopic (exact) mass is 267 g/mol. The van der Waals surface area contributed by atoms with Crippen molar-refractivity contribution in [2.24, 2.45) is 0 Å². The Labute approximate surface area is 115 Å². The van der Waals surface area contributed by atoms with Gasteiger partial charge in [0, 0.05) is 19.0 Å². The first-order valence-corrected chi connectivity index (χ1v) is 7.36. The van der Waals surface area contributed by atoms with Gasteiger partial charge in [0.25, 0.3) is 0 Å². The molecule has 0 aromatic rings. The third-order valence-corrected chi connectivity index (χ3v) is 4.21. The summed E-state index contributed by atoms with van der Waals surface area (Å²) in [5.74, 6) is 0.576. The van der Waals surface area contributed by atoms with Gasteiger partial charge in [-0.2, -0.15) is 0 Å². The number of methoxy groups -OCH3 is 1. The number of hydrogen-bond donors (Lipinski definition) is 2. The molecule has 2 heterocycles. The van der Waals surface area contributed by atoms with Crippen LogP contribution >= 0.6 is 0 Å². The fraction of sp³-hybridized carbons (Fsp3) is 0.857. The average molecular weight is 267 g/mol. The van der Waals surface area contributed by atoms with Crippen LogP contribution in [0.4, 0.5) is 0 Å². The molecule has 2 atom stereocenters. The summed E-state index contributed by atoms with van der Waals surface area (Å²) in [4.78, 5) is 13.9. The van der Waals surface area contributed by atoms with Crippen molar-refractivity contribution in [2.75, 3.05) is 20.2 Å². The highest BCUT2D eigenvalue weighted by molar-refractivity contribution is 5.79. The molecule has 5 nitrogen and oxygen atoms in total. The Morgan fingerprint density at radius 3 is 3.05 bits per heavy atom. The van der Waals surface area contributed by atoms with Crippen LogP contribution in [0, 0.1) is 5.41 Å². The van der Waals surface area contributed by atoms with E-state index in [1.165, 1.54) is 13.5 Å². The molecule has 0 aliphatic carbocycles. The predicted octanol–water partition coefficient (Wildman–Crippen LogP) is 1.52. The number of nitrogens with one attached hydrogen (secondary N) is 2. The van der Waals surface area contributed by atoms with Crippen LogP contribution in [0.3, 0.4) is 0 Å². The largest absolute Gasteiger partial charge is 0.468 e. The minimum absolute atomic E-state index is 0.0461. The second kappa shape index (κ2) is 6.89. The second-order valence-corrected chi connectivity index (χ2v) is 5.57. The SMILES string of the molecule is COC(=O)C1CCCN1CCC1CCCCC(=N)N1. The molecule has 0 amide bonds. The molecule has 2 fully saturated rings. The van der Waals surface area contributed by atoms with Gasteiger partial charge in [0.1, 0.15) is 6.04 Å². The lowest BCUT2D eigenvalue weighted by Gasteiger charge is -2.25. The maximum absolute atomic E-state index is 11.7. The van der Waals surface area contributed by atoms with Crippen LogP contribution in [0.5, 0.6) is 0 Å². The smallest absolute Gasteiger partial charge is 0.323 e. The summed E-state index contributed by atoms with van der Waals surface area (Å²) >= 11 is 0. The number of amidine groups is 1. The van der Waals surface area contributed by atoms with Crippen molar-refractivity contribution >= 4 is 11.8 Å². The van der Waals surface area contributed by atoms with E-state index in [0.29, 0.717) is 11.9 Å². The van der Waals surface area contributed by atoms with Crippen molar-refractivity contribution < 1.29 is 9.53 Å². The molecule has 0 radical (unpaired) electrons. The zero-order valence-corrected chi connectivity index (χ0v) is 11.8. The third-order valence-electron chi connectivity index (χ3n) is 4.21. The number of likely N-dealkylation sites (tertiary alicyclic amines) is 1.